The van der Waals surface area contributed by atoms with Gasteiger partial charge in [-0.05, 0) is 36.8 Å². The molecule has 0 saturated heterocycles. The van der Waals surface area contributed by atoms with E-state index in [2.05, 4.69) is 22.4 Å². The summed E-state index contributed by atoms with van der Waals surface area (Å²) in [4.78, 5) is 13.2. The van der Waals surface area contributed by atoms with Crippen molar-refractivity contribution in [1.82, 2.24) is 15.1 Å². The fourth-order valence-corrected chi connectivity index (χ4v) is 2.53. The second-order valence-electron chi connectivity index (χ2n) is 5.67. The number of amides is 1. The van der Waals surface area contributed by atoms with Gasteiger partial charge in [-0.3, -0.25) is 4.79 Å². The van der Waals surface area contributed by atoms with Crippen molar-refractivity contribution in [1.29, 1.82) is 0 Å². The zero-order chi connectivity index (χ0) is 13.8. The molecule has 104 valence electrons. The molecule has 1 N–H and O–H groups in total. The molecular formula is C14H22N4O. The lowest BCUT2D eigenvalue weighted by molar-refractivity contribution is 0.0821. The molecular weight excluding hydrogens is 240 g/mol. The largest absolute Gasteiger partial charge is 0.368 e. The standard InChI is InChI=1S/C14H22N4O/c1-10-4-5-11(8-10)9-15-13-7-6-12(16-17-13)14(19)18(2)3/h6-7,10-11H,4-5,8-9H2,1-3H3,(H,15,17). The Balaban J connectivity index is 1.87. The fraction of sp³-hybridized carbons (Fsp3) is 0.643. The number of aromatic nitrogens is 2. The Morgan fingerprint density at radius 1 is 1.37 bits per heavy atom. The minimum Gasteiger partial charge on any atom is -0.368 e. The van der Waals surface area contributed by atoms with Gasteiger partial charge in [-0.2, -0.15) is 0 Å². The van der Waals surface area contributed by atoms with Gasteiger partial charge in [-0.1, -0.05) is 13.3 Å². The number of nitrogens with zero attached hydrogens (tertiary/aromatic N) is 3. The van der Waals surface area contributed by atoms with E-state index in [-0.39, 0.29) is 5.91 Å². The van der Waals surface area contributed by atoms with Gasteiger partial charge in [-0.25, -0.2) is 0 Å². The summed E-state index contributed by atoms with van der Waals surface area (Å²) in [5.41, 5.74) is 0.380. The first kappa shape index (κ1) is 13.8. The third kappa shape index (κ3) is 3.66. The van der Waals surface area contributed by atoms with Gasteiger partial charge >= 0.3 is 0 Å². The molecule has 5 nitrogen and oxygen atoms in total. The number of carbonyl (C=O) groups excluding carboxylic acids is 1. The molecule has 1 aliphatic carbocycles. The van der Waals surface area contributed by atoms with E-state index < -0.39 is 0 Å². The van der Waals surface area contributed by atoms with Crippen LogP contribution in [-0.4, -0.2) is 41.6 Å². The lowest BCUT2D eigenvalue weighted by Gasteiger charge is -2.12. The highest BCUT2D eigenvalue weighted by Gasteiger charge is 2.21. The van der Waals surface area contributed by atoms with Crippen LogP contribution < -0.4 is 5.32 Å². The molecule has 1 aromatic heterocycles. The van der Waals surface area contributed by atoms with Crippen molar-refractivity contribution in [3.05, 3.63) is 17.8 Å². The number of carbonyl (C=O) groups is 1. The van der Waals surface area contributed by atoms with Crippen molar-refractivity contribution in [2.45, 2.75) is 26.2 Å². The summed E-state index contributed by atoms with van der Waals surface area (Å²) in [7, 11) is 3.41. The van der Waals surface area contributed by atoms with Gasteiger partial charge in [0, 0.05) is 20.6 Å². The van der Waals surface area contributed by atoms with E-state index in [0.717, 1.165) is 24.2 Å². The third-order valence-corrected chi connectivity index (χ3v) is 3.67. The van der Waals surface area contributed by atoms with E-state index in [0.29, 0.717) is 5.69 Å². The summed E-state index contributed by atoms with van der Waals surface area (Å²) in [5.74, 6) is 2.20. The average Bonchev–Trinajstić information content (AvgIpc) is 2.82. The first-order chi connectivity index (χ1) is 9.06. The van der Waals surface area contributed by atoms with E-state index in [1.165, 1.54) is 24.2 Å². The SMILES string of the molecule is CC1CCC(CNc2ccc(C(=O)N(C)C)nn2)C1. The van der Waals surface area contributed by atoms with Crippen LogP contribution in [0.2, 0.25) is 0 Å². The van der Waals surface area contributed by atoms with Gasteiger partial charge in [0.25, 0.3) is 5.91 Å². The third-order valence-electron chi connectivity index (χ3n) is 3.67. The van der Waals surface area contributed by atoms with Crippen molar-refractivity contribution in [3.63, 3.8) is 0 Å². The summed E-state index contributed by atoms with van der Waals surface area (Å²) in [6.45, 7) is 3.25. The van der Waals surface area contributed by atoms with E-state index in [1.807, 2.05) is 6.07 Å². The average molecular weight is 262 g/mol. The van der Waals surface area contributed by atoms with E-state index in [9.17, 15) is 4.79 Å². The number of rotatable bonds is 4. The number of nitrogens with one attached hydrogen (secondary N) is 1. The zero-order valence-electron chi connectivity index (χ0n) is 11.9. The molecule has 0 aromatic carbocycles. The number of hydrogen-bond acceptors (Lipinski definition) is 4. The van der Waals surface area contributed by atoms with Crippen LogP contribution in [0.15, 0.2) is 12.1 Å². The quantitative estimate of drug-likeness (QED) is 0.902. The van der Waals surface area contributed by atoms with E-state index in [4.69, 9.17) is 0 Å². The Kier molecular flexibility index (Phi) is 4.35. The molecule has 0 spiro atoms. The molecule has 1 fully saturated rings. The van der Waals surface area contributed by atoms with Gasteiger partial charge in [0.05, 0.1) is 0 Å². The molecule has 1 amide bonds. The van der Waals surface area contributed by atoms with Gasteiger partial charge in [0.15, 0.2) is 5.69 Å². The van der Waals surface area contributed by atoms with E-state index >= 15 is 0 Å². The van der Waals surface area contributed by atoms with Crippen LogP contribution in [-0.2, 0) is 0 Å². The molecule has 1 aromatic rings. The molecule has 5 heteroatoms. The Labute approximate surface area is 114 Å². The Hall–Kier alpha value is -1.65. The van der Waals surface area contributed by atoms with Crippen LogP contribution in [0.1, 0.15) is 36.7 Å². The molecule has 1 aliphatic rings. The topological polar surface area (TPSA) is 58.1 Å². The van der Waals surface area contributed by atoms with Crippen LogP contribution in [0.3, 0.4) is 0 Å². The number of anilines is 1. The molecule has 0 aliphatic heterocycles. The van der Waals surface area contributed by atoms with E-state index in [1.54, 1.807) is 20.2 Å². The summed E-state index contributed by atoms with van der Waals surface area (Å²) in [5, 5.41) is 11.3. The summed E-state index contributed by atoms with van der Waals surface area (Å²) >= 11 is 0. The first-order valence-electron chi connectivity index (χ1n) is 6.85. The van der Waals surface area contributed by atoms with Gasteiger partial charge in [-0.15, -0.1) is 10.2 Å². The zero-order valence-corrected chi connectivity index (χ0v) is 11.9. The van der Waals surface area contributed by atoms with Crippen molar-refractivity contribution in [3.8, 4) is 0 Å². The first-order valence-corrected chi connectivity index (χ1v) is 6.85. The molecule has 0 bridgehead atoms. The predicted molar refractivity (Wildman–Crippen MR) is 75.0 cm³/mol. The highest BCUT2D eigenvalue weighted by Crippen LogP contribution is 2.30. The van der Waals surface area contributed by atoms with Crippen LogP contribution in [0.4, 0.5) is 5.82 Å². The Bertz CT molecular complexity index is 430. The lowest BCUT2D eigenvalue weighted by atomic mass is 10.1. The van der Waals surface area contributed by atoms with Crippen molar-refractivity contribution in [2.75, 3.05) is 26.0 Å². The molecule has 0 radical (unpaired) electrons. The summed E-state index contributed by atoms with van der Waals surface area (Å²) < 4.78 is 0. The van der Waals surface area contributed by atoms with Crippen LogP contribution in [0.25, 0.3) is 0 Å². The van der Waals surface area contributed by atoms with Crippen molar-refractivity contribution < 1.29 is 4.79 Å². The smallest absolute Gasteiger partial charge is 0.273 e. The lowest BCUT2D eigenvalue weighted by Crippen LogP contribution is -2.23. The monoisotopic (exact) mass is 262 g/mol. The summed E-state index contributed by atoms with van der Waals surface area (Å²) in [6, 6.07) is 3.54. The minimum atomic E-state index is -0.122. The maximum Gasteiger partial charge on any atom is 0.273 e. The second kappa shape index (κ2) is 5.99. The molecule has 2 rings (SSSR count). The van der Waals surface area contributed by atoms with Crippen LogP contribution in [0.5, 0.6) is 0 Å². The molecule has 1 saturated carbocycles. The highest BCUT2D eigenvalue weighted by molar-refractivity contribution is 5.91. The predicted octanol–water partition coefficient (Wildman–Crippen LogP) is 2.03. The minimum absolute atomic E-state index is 0.122. The normalized spacial score (nSPS) is 22.3. The van der Waals surface area contributed by atoms with Gasteiger partial charge in [0.1, 0.15) is 5.82 Å². The fourth-order valence-electron chi connectivity index (χ4n) is 2.53. The molecule has 2 unspecified atom stereocenters. The van der Waals surface area contributed by atoms with Crippen molar-refractivity contribution >= 4 is 11.7 Å². The number of hydrogen-bond donors (Lipinski definition) is 1. The summed E-state index contributed by atoms with van der Waals surface area (Å²) in [6.07, 6.45) is 3.91. The Morgan fingerprint density at radius 3 is 2.68 bits per heavy atom. The van der Waals surface area contributed by atoms with Gasteiger partial charge in [0.2, 0.25) is 0 Å². The van der Waals surface area contributed by atoms with Crippen LogP contribution in [0, 0.1) is 11.8 Å². The second-order valence-corrected chi connectivity index (χ2v) is 5.67. The van der Waals surface area contributed by atoms with Gasteiger partial charge < -0.3 is 10.2 Å². The van der Waals surface area contributed by atoms with Crippen molar-refractivity contribution in [2.24, 2.45) is 11.8 Å². The highest BCUT2D eigenvalue weighted by atomic mass is 16.2. The van der Waals surface area contributed by atoms with Crippen LogP contribution >= 0.6 is 0 Å². The maximum atomic E-state index is 11.7. The maximum absolute atomic E-state index is 11.7. The molecule has 1 heterocycles. The molecule has 2 atom stereocenters. The molecule has 19 heavy (non-hydrogen) atoms. The Morgan fingerprint density at radius 2 is 2.16 bits per heavy atom.